The van der Waals surface area contributed by atoms with Gasteiger partial charge >= 0.3 is 6.09 Å². The summed E-state index contributed by atoms with van der Waals surface area (Å²) in [6, 6.07) is 14.7. The largest absolute Gasteiger partial charge is 0.444 e. The molecule has 1 aliphatic heterocycles. The molecule has 2 aromatic carbocycles. The van der Waals surface area contributed by atoms with Crippen molar-refractivity contribution < 1.29 is 38.5 Å². The van der Waals surface area contributed by atoms with Gasteiger partial charge in [0, 0.05) is 27.7 Å². The van der Waals surface area contributed by atoms with E-state index in [4.69, 9.17) is 14.2 Å². The molecule has 12 heteroatoms. The molecule has 0 aliphatic carbocycles. The Kier molecular flexibility index (Phi) is 11.7. The van der Waals surface area contributed by atoms with E-state index < -0.39 is 65.6 Å². The summed E-state index contributed by atoms with van der Waals surface area (Å²) in [6.45, 7) is 7.92. The number of likely N-dealkylation sites (N-methyl/N-ethyl adjacent to an activating group) is 1. The predicted molar refractivity (Wildman–Crippen MR) is 167 cm³/mol. The molecule has 0 radical (unpaired) electrons. The first-order chi connectivity index (χ1) is 21.2. The Morgan fingerprint density at radius 2 is 1.44 bits per heavy atom. The third kappa shape index (κ3) is 8.38. The van der Waals surface area contributed by atoms with E-state index in [1.54, 1.807) is 20.8 Å². The number of amides is 4. The molecule has 0 bridgehead atoms. The average molecular weight is 627 g/mol. The summed E-state index contributed by atoms with van der Waals surface area (Å²) in [6.07, 6.45) is -1.76. The summed E-state index contributed by atoms with van der Waals surface area (Å²) in [5.74, 6) is -3.60. The van der Waals surface area contributed by atoms with Gasteiger partial charge in [-0.25, -0.2) is 4.79 Å². The summed E-state index contributed by atoms with van der Waals surface area (Å²) in [4.78, 5) is 56.3. The fourth-order valence-electron chi connectivity index (χ4n) is 5.23. The molecular weight excluding hydrogens is 580 g/mol. The summed E-state index contributed by atoms with van der Waals surface area (Å²) in [5, 5.41) is 16.3. The Labute approximate surface area is 265 Å². The molecule has 45 heavy (non-hydrogen) atoms. The molecule has 4 amide bonds. The molecule has 1 unspecified atom stereocenters. The second-order valence-corrected chi connectivity index (χ2v) is 12.1. The number of aliphatic hydroxyl groups excluding tert-OH is 1. The molecule has 0 aromatic heterocycles. The number of aliphatic hydroxyl groups is 1. The molecule has 1 heterocycles. The van der Waals surface area contributed by atoms with E-state index in [-0.39, 0.29) is 12.8 Å². The molecule has 12 nitrogen and oxygen atoms in total. The molecule has 0 spiro atoms. The maximum atomic E-state index is 14.2. The Bertz CT molecular complexity index is 1270. The lowest BCUT2D eigenvalue weighted by molar-refractivity contribution is -0.277. The maximum Gasteiger partial charge on any atom is 0.410 e. The van der Waals surface area contributed by atoms with E-state index in [1.807, 2.05) is 60.7 Å². The summed E-state index contributed by atoms with van der Waals surface area (Å²) in [7, 11) is 4.11. The normalized spacial score (nSPS) is 18.1. The van der Waals surface area contributed by atoms with Crippen LogP contribution in [0.3, 0.4) is 0 Å². The highest BCUT2D eigenvalue weighted by Gasteiger charge is 2.55. The molecule has 1 fully saturated rings. The molecule has 1 aliphatic rings. The first-order valence-electron chi connectivity index (χ1n) is 14.9. The SMILES string of the molecule is COC1(OC)CCC(C(=O)NC(c2ccccc2)c2ccccc2)N1C(=O)[C@@H](NC(=O)[C@H](C)N(C)C(=O)OC(C)(C)C)[C@H](C)O. The number of ether oxygens (including phenoxy) is 3. The zero-order valence-electron chi connectivity index (χ0n) is 27.3. The van der Waals surface area contributed by atoms with Crippen LogP contribution in [0, 0.1) is 0 Å². The van der Waals surface area contributed by atoms with Gasteiger partial charge in [0.2, 0.25) is 11.8 Å². The van der Waals surface area contributed by atoms with Crippen LogP contribution in [0.5, 0.6) is 0 Å². The second-order valence-electron chi connectivity index (χ2n) is 12.1. The lowest BCUT2D eigenvalue weighted by atomic mass is 9.98. The van der Waals surface area contributed by atoms with Crippen LogP contribution in [0.15, 0.2) is 60.7 Å². The minimum Gasteiger partial charge on any atom is -0.444 e. The molecule has 3 N–H and O–H groups in total. The number of benzene rings is 2. The van der Waals surface area contributed by atoms with Gasteiger partial charge < -0.3 is 30.0 Å². The molecule has 4 atom stereocenters. The fraction of sp³-hybridized carbons (Fsp3) is 0.515. The lowest BCUT2D eigenvalue weighted by Crippen LogP contribution is -2.64. The van der Waals surface area contributed by atoms with Crippen LogP contribution in [-0.4, -0.2) is 95.7 Å². The minimum absolute atomic E-state index is 0.156. The smallest absolute Gasteiger partial charge is 0.410 e. The topological polar surface area (TPSA) is 147 Å². The lowest BCUT2D eigenvalue weighted by Gasteiger charge is -2.40. The third-order valence-electron chi connectivity index (χ3n) is 7.83. The van der Waals surface area contributed by atoms with Crippen molar-refractivity contribution >= 4 is 23.8 Å². The molecule has 1 saturated heterocycles. The van der Waals surface area contributed by atoms with E-state index in [0.29, 0.717) is 0 Å². The second kappa shape index (κ2) is 14.9. The first-order valence-corrected chi connectivity index (χ1v) is 14.9. The summed E-state index contributed by atoms with van der Waals surface area (Å²) in [5.41, 5.74) is 0.902. The van der Waals surface area contributed by atoms with Crippen molar-refractivity contribution in [3.8, 4) is 0 Å². The van der Waals surface area contributed by atoms with E-state index >= 15 is 0 Å². The van der Waals surface area contributed by atoms with Gasteiger partial charge in [0.1, 0.15) is 23.7 Å². The van der Waals surface area contributed by atoms with E-state index in [0.717, 1.165) is 20.9 Å². The van der Waals surface area contributed by atoms with Crippen LogP contribution in [0.25, 0.3) is 0 Å². The number of likely N-dealkylation sites (tertiary alicyclic amines) is 1. The molecular formula is C33H46N4O8. The first kappa shape index (κ1) is 35.5. The number of rotatable bonds is 11. The monoisotopic (exact) mass is 626 g/mol. The van der Waals surface area contributed by atoms with Crippen molar-refractivity contribution in [2.75, 3.05) is 21.3 Å². The molecule has 246 valence electrons. The van der Waals surface area contributed by atoms with Crippen molar-refractivity contribution in [2.45, 2.75) is 89.2 Å². The number of hydrogen-bond acceptors (Lipinski definition) is 8. The van der Waals surface area contributed by atoms with Crippen LogP contribution < -0.4 is 10.6 Å². The molecule has 0 saturated carbocycles. The van der Waals surface area contributed by atoms with E-state index in [1.165, 1.54) is 35.1 Å². The Morgan fingerprint density at radius 3 is 1.89 bits per heavy atom. The van der Waals surface area contributed by atoms with Gasteiger partial charge in [0.05, 0.1) is 12.1 Å². The number of carbonyl (C=O) groups is 4. The molecule has 3 rings (SSSR count). The van der Waals surface area contributed by atoms with E-state index in [9.17, 15) is 24.3 Å². The van der Waals surface area contributed by atoms with Crippen molar-refractivity contribution in [3.05, 3.63) is 71.8 Å². The zero-order valence-corrected chi connectivity index (χ0v) is 27.3. The van der Waals surface area contributed by atoms with Crippen molar-refractivity contribution in [1.82, 2.24) is 20.4 Å². The van der Waals surface area contributed by atoms with Gasteiger partial charge in [-0.2, -0.15) is 0 Å². The molecule has 2 aromatic rings. The Hall–Kier alpha value is -4.00. The summed E-state index contributed by atoms with van der Waals surface area (Å²) < 4.78 is 16.7. The van der Waals surface area contributed by atoms with Gasteiger partial charge in [-0.1, -0.05) is 60.7 Å². The zero-order chi connectivity index (χ0) is 33.5. The van der Waals surface area contributed by atoms with Crippen molar-refractivity contribution in [3.63, 3.8) is 0 Å². The number of nitrogens with zero attached hydrogens (tertiary/aromatic N) is 2. The predicted octanol–water partition coefficient (Wildman–Crippen LogP) is 2.95. The number of hydrogen-bond donors (Lipinski definition) is 3. The van der Waals surface area contributed by atoms with Crippen LogP contribution in [0.4, 0.5) is 4.79 Å². The Balaban J connectivity index is 1.90. The highest BCUT2D eigenvalue weighted by molar-refractivity contribution is 5.95. The standard InChI is InChI=1S/C33H46N4O8/c1-21(36(6)31(42)45-32(3,4)5)28(39)34-26(22(2)38)30(41)37-25(19-20-33(37,43-7)44-8)29(40)35-27(23-15-11-9-12-16-23)24-17-13-10-14-18-24/h9-18,21-22,25-27,38H,19-20H2,1-8H3,(H,34,39)(H,35,40)/t21-,22-,25?,26-/m0/s1. The van der Waals surface area contributed by atoms with Gasteiger partial charge in [-0.05, 0) is 52.2 Å². The number of nitrogens with one attached hydrogen (secondary N) is 2. The van der Waals surface area contributed by atoms with Crippen LogP contribution in [-0.2, 0) is 28.6 Å². The van der Waals surface area contributed by atoms with Crippen LogP contribution >= 0.6 is 0 Å². The van der Waals surface area contributed by atoms with Crippen LogP contribution in [0.2, 0.25) is 0 Å². The van der Waals surface area contributed by atoms with Crippen LogP contribution in [0.1, 0.15) is 64.6 Å². The van der Waals surface area contributed by atoms with Gasteiger partial charge in [-0.3, -0.25) is 24.2 Å². The van der Waals surface area contributed by atoms with Gasteiger partial charge in [0.15, 0.2) is 0 Å². The third-order valence-corrected chi connectivity index (χ3v) is 7.83. The fourth-order valence-corrected chi connectivity index (χ4v) is 5.23. The Morgan fingerprint density at radius 1 is 0.933 bits per heavy atom. The van der Waals surface area contributed by atoms with Crippen molar-refractivity contribution in [1.29, 1.82) is 0 Å². The average Bonchev–Trinajstić information content (AvgIpc) is 3.41. The highest BCUT2D eigenvalue weighted by atomic mass is 16.7. The van der Waals surface area contributed by atoms with E-state index in [2.05, 4.69) is 10.6 Å². The maximum absolute atomic E-state index is 14.2. The highest BCUT2D eigenvalue weighted by Crippen LogP contribution is 2.37. The number of methoxy groups -OCH3 is 2. The van der Waals surface area contributed by atoms with Crippen molar-refractivity contribution in [2.24, 2.45) is 0 Å². The quantitative estimate of drug-likeness (QED) is 0.323. The van der Waals surface area contributed by atoms with Gasteiger partial charge in [-0.15, -0.1) is 0 Å². The van der Waals surface area contributed by atoms with Gasteiger partial charge in [0.25, 0.3) is 11.8 Å². The summed E-state index contributed by atoms with van der Waals surface area (Å²) >= 11 is 0. The number of carbonyl (C=O) groups excluding carboxylic acids is 4. The minimum atomic E-state index is -1.63.